The molecule has 7 nitrogen and oxygen atoms in total. The molecule has 2 aromatic carbocycles. The molecule has 0 aliphatic carbocycles. The molecule has 0 radical (unpaired) electrons. The molecule has 0 atom stereocenters. The largest absolute Gasteiger partial charge is 0.416 e. The molecule has 0 bridgehead atoms. The third-order valence-electron chi connectivity index (χ3n) is 3.98. The molecule has 1 aromatic heterocycles. The monoisotopic (exact) mass is 364 g/mol. The molecule has 0 spiro atoms. The summed E-state index contributed by atoms with van der Waals surface area (Å²) in [6.07, 6.45) is 0. The number of benzene rings is 2. The molecule has 0 saturated heterocycles. The van der Waals surface area contributed by atoms with Gasteiger partial charge in [0.05, 0.1) is 6.54 Å². The first-order chi connectivity index (χ1) is 13.1. The molecule has 3 rings (SSSR count). The minimum absolute atomic E-state index is 0.0577. The van der Waals surface area contributed by atoms with Crippen molar-refractivity contribution in [3.05, 3.63) is 59.7 Å². The number of rotatable bonds is 6. The van der Waals surface area contributed by atoms with Crippen molar-refractivity contribution in [3.63, 3.8) is 0 Å². The summed E-state index contributed by atoms with van der Waals surface area (Å²) in [7, 11) is 0. The number of carbonyl (C=O) groups is 2. The van der Waals surface area contributed by atoms with Crippen LogP contribution in [0, 0.1) is 6.92 Å². The zero-order valence-electron chi connectivity index (χ0n) is 15.2. The lowest BCUT2D eigenvalue weighted by Crippen LogP contribution is -2.36. The highest BCUT2D eigenvalue weighted by Gasteiger charge is 2.13. The van der Waals surface area contributed by atoms with Gasteiger partial charge in [-0.2, -0.15) is 0 Å². The summed E-state index contributed by atoms with van der Waals surface area (Å²) in [6, 6.07) is 14.5. The van der Waals surface area contributed by atoms with Crippen LogP contribution in [0.3, 0.4) is 0 Å². The van der Waals surface area contributed by atoms with E-state index in [1.165, 1.54) is 0 Å². The molecule has 27 heavy (non-hydrogen) atoms. The van der Waals surface area contributed by atoms with Crippen molar-refractivity contribution in [2.45, 2.75) is 13.8 Å². The highest BCUT2D eigenvalue weighted by Crippen LogP contribution is 2.26. The van der Waals surface area contributed by atoms with E-state index in [9.17, 15) is 9.59 Å². The summed E-state index contributed by atoms with van der Waals surface area (Å²) in [5.74, 6) is 0.283. The van der Waals surface area contributed by atoms with Gasteiger partial charge in [-0.05, 0) is 49.7 Å². The minimum Gasteiger partial charge on any atom is -0.416 e. The smallest absolute Gasteiger partial charge is 0.251 e. The van der Waals surface area contributed by atoms with E-state index < -0.39 is 0 Å². The van der Waals surface area contributed by atoms with Gasteiger partial charge in [0.1, 0.15) is 0 Å². The van der Waals surface area contributed by atoms with Gasteiger partial charge in [-0.3, -0.25) is 9.59 Å². The van der Waals surface area contributed by atoms with Crippen LogP contribution in [0.5, 0.6) is 0 Å². The standard InChI is InChI=1S/C20H20N4O3/c1-3-21-17(25)12-22-18(26)14-8-10-15(11-9-14)19-23-24-20(27-19)16-7-5-4-6-13(16)2/h4-11H,3,12H2,1-2H3,(H,21,25)(H,22,26). The Labute approximate surface area is 156 Å². The second-order valence-electron chi connectivity index (χ2n) is 5.94. The summed E-state index contributed by atoms with van der Waals surface area (Å²) in [6.45, 7) is 4.27. The molecule has 7 heteroatoms. The molecular weight excluding hydrogens is 344 g/mol. The van der Waals surface area contributed by atoms with Crippen molar-refractivity contribution in [3.8, 4) is 22.9 Å². The van der Waals surface area contributed by atoms with Crippen LogP contribution in [-0.4, -0.2) is 35.1 Å². The third-order valence-corrected chi connectivity index (χ3v) is 3.98. The molecule has 2 N–H and O–H groups in total. The van der Waals surface area contributed by atoms with Gasteiger partial charge in [-0.15, -0.1) is 10.2 Å². The van der Waals surface area contributed by atoms with Crippen molar-refractivity contribution in [1.82, 2.24) is 20.8 Å². The maximum atomic E-state index is 12.1. The lowest BCUT2D eigenvalue weighted by Gasteiger charge is -2.05. The molecule has 0 saturated carbocycles. The van der Waals surface area contributed by atoms with Gasteiger partial charge in [-0.1, -0.05) is 18.2 Å². The van der Waals surface area contributed by atoms with Crippen LogP contribution in [-0.2, 0) is 4.79 Å². The van der Waals surface area contributed by atoms with Crippen LogP contribution in [0.4, 0.5) is 0 Å². The molecular formula is C20H20N4O3. The highest BCUT2D eigenvalue weighted by molar-refractivity contribution is 5.96. The van der Waals surface area contributed by atoms with Crippen molar-refractivity contribution in [1.29, 1.82) is 0 Å². The van der Waals surface area contributed by atoms with E-state index in [-0.39, 0.29) is 18.4 Å². The van der Waals surface area contributed by atoms with Crippen LogP contribution in [0.2, 0.25) is 0 Å². The van der Waals surface area contributed by atoms with Crippen LogP contribution in [0.15, 0.2) is 52.9 Å². The first-order valence-corrected chi connectivity index (χ1v) is 8.63. The highest BCUT2D eigenvalue weighted by atomic mass is 16.4. The van der Waals surface area contributed by atoms with Crippen molar-refractivity contribution >= 4 is 11.8 Å². The molecule has 0 fully saturated rings. The zero-order valence-corrected chi connectivity index (χ0v) is 15.2. The quantitative estimate of drug-likeness (QED) is 0.701. The molecule has 2 amide bonds. The normalized spacial score (nSPS) is 10.4. The van der Waals surface area contributed by atoms with E-state index in [1.807, 2.05) is 38.1 Å². The predicted octanol–water partition coefficient (Wildman–Crippen LogP) is 2.58. The van der Waals surface area contributed by atoms with Crippen molar-refractivity contribution < 1.29 is 14.0 Å². The first-order valence-electron chi connectivity index (χ1n) is 8.63. The summed E-state index contributed by atoms with van der Waals surface area (Å²) < 4.78 is 5.77. The molecule has 0 aliphatic heterocycles. The van der Waals surface area contributed by atoms with Gasteiger partial charge < -0.3 is 15.1 Å². The number of nitrogens with zero attached hydrogens (tertiary/aromatic N) is 2. The fourth-order valence-corrected chi connectivity index (χ4v) is 2.55. The van der Waals surface area contributed by atoms with Crippen LogP contribution in [0.1, 0.15) is 22.8 Å². The fourth-order valence-electron chi connectivity index (χ4n) is 2.55. The minimum atomic E-state index is -0.320. The molecule has 0 unspecified atom stereocenters. The van der Waals surface area contributed by atoms with E-state index in [0.717, 1.165) is 11.1 Å². The number of aryl methyl sites for hydroxylation is 1. The Balaban J connectivity index is 1.70. The number of carbonyl (C=O) groups excluding carboxylic acids is 2. The van der Waals surface area contributed by atoms with E-state index in [1.54, 1.807) is 24.3 Å². The van der Waals surface area contributed by atoms with E-state index >= 15 is 0 Å². The van der Waals surface area contributed by atoms with Crippen LogP contribution >= 0.6 is 0 Å². The topological polar surface area (TPSA) is 97.1 Å². The summed E-state index contributed by atoms with van der Waals surface area (Å²) in [5.41, 5.74) is 3.09. The molecule has 3 aromatic rings. The Morgan fingerprint density at radius 3 is 2.37 bits per heavy atom. The molecule has 138 valence electrons. The number of amides is 2. The van der Waals surface area contributed by atoms with E-state index in [2.05, 4.69) is 20.8 Å². The summed E-state index contributed by atoms with van der Waals surface area (Å²) in [5, 5.41) is 13.4. The number of aromatic nitrogens is 2. The average Bonchev–Trinajstić information content (AvgIpc) is 3.17. The number of likely N-dealkylation sites (N-methyl/N-ethyl adjacent to an activating group) is 1. The van der Waals surface area contributed by atoms with Gasteiger partial charge in [0, 0.05) is 23.2 Å². The SMILES string of the molecule is CCNC(=O)CNC(=O)c1ccc(-c2nnc(-c3ccccc3C)o2)cc1. The second-order valence-corrected chi connectivity index (χ2v) is 5.94. The summed E-state index contributed by atoms with van der Waals surface area (Å²) >= 11 is 0. The molecule has 1 heterocycles. The van der Waals surface area contributed by atoms with Gasteiger partial charge in [-0.25, -0.2) is 0 Å². The van der Waals surface area contributed by atoms with E-state index in [0.29, 0.717) is 29.5 Å². The maximum absolute atomic E-state index is 12.1. The van der Waals surface area contributed by atoms with E-state index in [4.69, 9.17) is 4.42 Å². The number of nitrogens with one attached hydrogen (secondary N) is 2. The van der Waals surface area contributed by atoms with Crippen LogP contribution in [0.25, 0.3) is 22.9 Å². The Bertz CT molecular complexity index is 948. The van der Waals surface area contributed by atoms with Crippen molar-refractivity contribution in [2.75, 3.05) is 13.1 Å². The van der Waals surface area contributed by atoms with Crippen LogP contribution < -0.4 is 10.6 Å². The maximum Gasteiger partial charge on any atom is 0.251 e. The number of hydrogen-bond donors (Lipinski definition) is 2. The Morgan fingerprint density at radius 1 is 0.963 bits per heavy atom. The molecule has 0 aliphatic rings. The van der Waals surface area contributed by atoms with Gasteiger partial charge in [0.25, 0.3) is 5.91 Å². The Kier molecular flexibility index (Phi) is 5.61. The second kappa shape index (κ2) is 8.27. The third kappa shape index (κ3) is 4.38. The number of hydrogen-bond acceptors (Lipinski definition) is 5. The summed E-state index contributed by atoms with van der Waals surface area (Å²) in [4.78, 5) is 23.5. The van der Waals surface area contributed by atoms with Gasteiger partial charge in [0.2, 0.25) is 17.7 Å². The Hall–Kier alpha value is -3.48. The Morgan fingerprint density at radius 2 is 1.67 bits per heavy atom. The zero-order chi connectivity index (χ0) is 19.2. The van der Waals surface area contributed by atoms with Crippen molar-refractivity contribution in [2.24, 2.45) is 0 Å². The predicted molar refractivity (Wildman–Crippen MR) is 101 cm³/mol. The first kappa shape index (κ1) is 18.3. The lowest BCUT2D eigenvalue weighted by molar-refractivity contribution is -0.120. The fraction of sp³-hybridized carbons (Fsp3) is 0.200. The lowest BCUT2D eigenvalue weighted by atomic mass is 10.1. The average molecular weight is 364 g/mol. The van der Waals surface area contributed by atoms with Gasteiger partial charge in [0.15, 0.2) is 0 Å². The van der Waals surface area contributed by atoms with Gasteiger partial charge >= 0.3 is 0 Å².